The van der Waals surface area contributed by atoms with Crippen LogP contribution in [0.1, 0.15) is 32.4 Å². The molecular formula is C12H22O7P2. The molecule has 1 rings (SSSR count). The van der Waals surface area contributed by atoms with Gasteiger partial charge in [0.05, 0.1) is 26.1 Å². The minimum Gasteiger partial charge on any atom is -0.466 e. The van der Waals surface area contributed by atoms with E-state index >= 15 is 0 Å². The van der Waals surface area contributed by atoms with Gasteiger partial charge in [-0.2, -0.15) is 0 Å². The van der Waals surface area contributed by atoms with E-state index in [2.05, 4.69) is 0 Å². The second-order valence-electron chi connectivity index (χ2n) is 4.12. The SMILES string of the molecule is CCOP(=O)(CP(=O)(OCC)C(O)c1ccco1)OCC. The zero-order valence-electron chi connectivity index (χ0n) is 12.4. The number of aliphatic hydroxyl groups is 1. The van der Waals surface area contributed by atoms with E-state index in [1.807, 2.05) is 0 Å². The summed E-state index contributed by atoms with van der Waals surface area (Å²) in [6.07, 6.45) is 1.35. The Morgan fingerprint density at radius 2 is 1.71 bits per heavy atom. The van der Waals surface area contributed by atoms with Gasteiger partial charge in [0.25, 0.3) is 0 Å². The predicted octanol–water partition coefficient (Wildman–Crippen LogP) is 3.81. The van der Waals surface area contributed by atoms with E-state index in [0.717, 1.165) is 0 Å². The van der Waals surface area contributed by atoms with E-state index in [4.69, 9.17) is 18.0 Å². The summed E-state index contributed by atoms with van der Waals surface area (Å²) in [5, 5.41) is 10.2. The van der Waals surface area contributed by atoms with E-state index in [9.17, 15) is 14.2 Å². The van der Waals surface area contributed by atoms with Gasteiger partial charge in [0.15, 0.2) is 5.85 Å². The van der Waals surface area contributed by atoms with Crippen molar-refractivity contribution in [3.63, 3.8) is 0 Å². The first-order valence-electron chi connectivity index (χ1n) is 6.73. The molecule has 7 nitrogen and oxygen atoms in total. The molecule has 0 aliphatic carbocycles. The highest BCUT2D eigenvalue weighted by Gasteiger charge is 2.44. The minimum absolute atomic E-state index is 0.0892. The van der Waals surface area contributed by atoms with Gasteiger partial charge in [0.1, 0.15) is 11.7 Å². The molecule has 1 heterocycles. The Hall–Kier alpha value is -0.420. The molecule has 0 radical (unpaired) electrons. The van der Waals surface area contributed by atoms with Crippen LogP contribution in [0.5, 0.6) is 0 Å². The van der Waals surface area contributed by atoms with Crippen LogP contribution >= 0.6 is 15.0 Å². The lowest BCUT2D eigenvalue weighted by Crippen LogP contribution is -2.09. The third-order valence-corrected chi connectivity index (χ3v) is 8.50. The molecule has 0 aromatic carbocycles. The monoisotopic (exact) mass is 340 g/mol. The van der Waals surface area contributed by atoms with Crippen molar-refractivity contribution < 1.29 is 32.2 Å². The molecular weight excluding hydrogens is 318 g/mol. The Balaban J connectivity index is 3.03. The van der Waals surface area contributed by atoms with Gasteiger partial charge in [-0.3, -0.25) is 9.13 Å². The quantitative estimate of drug-likeness (QED) is 0.647. The van der Waals surface area contributed by atoms with E-state index < -0.39 is 26.7 Å². The number of furan rings is 1. The molecule has 0 amide bonds. The van der Waals surface area contributed by atoms with Crippen molar-refractivity contribution in [1.82, 2.24) is 0 Å². The number of hydrogen-bond acceptors (Lipinski definition) is 7. The zero-order chi connectivity index (χ0) is 15.9. The molecule has 1 N–H and O–H groups in total. The Bertz CT molecular complexity index is 490. The Morgan fingerprint density at radius 3 is 2.14 bits per heavy atom. The van der Waals surface area contributed by atoms with Crippen molar-refractivity contribution in [2.24, 2.45) is 0 Å². The summed E-state index contributed by atoms with van der Waals surface area (Å²) in [6.45, 7) is 5.31. The number of hydrogen-bond donors (Lipinski definition) is 1. The average molecular weight is 340 g/mol. The van der Waals surface area contributed by atoms with Crippen molar-refractivity contribution in [3.8, 4) is 0 Å². The van der Waals surface area contributed by atoms with Crippen molar-refractivity contribution in [3.05, 3.63) is 24.2 Å². The second kappa shape index (κ2) is 8.28. The van der Waals surface area contributed by atoms with Crippen LogP contribution in [0.4, 0.5) is 0 Å². The van der Waals surface area contributed by atoms with Crippen LogP contribution in [0.25, 0.3) is 0 Å². The lowest BCUT2D eigenvalue weighted by molar-refractivity contribution is 0.187. The van der Waals surface area contributed by atoms with Crippen molar-refractivity contribution in [2.75, 3.05) is 25.7 Å². The maximum absolute atomic E-state index is 12.9. The van der Waals surface area contributed by atoms with Crippen LogP contribution in [0, 0.1) is 0 Å². The Labute approximate surface area is 124 Å². The molecule has 0 aliphatic heterocycles. The smallest absolute Gasteiger partial charge is 0.340 e. The summed E-state index contributed by atoms with van der Waals surface area (Å²) in [6, 6.07) is 3.03. The molecule has 9 heteroatoms. The molecule has 0 spiro atoms. The zero-order valence-corrected chi connectivity index (χ0v) is 14.2. The Kier molecular flexibility index (Phi) is 7.34. The standard InChI is InChI=1S/C12H22O7P2/c1-4-17-20(14,12(13)11-8-7-9-16-11)10-21(15,18-5-2)19-6-3/h7-9,12-13H,4-6,10H2,1-3H3. The largest absolute Gasteiger partial charge is 0.466 e. The molecule has 0 saturated heterocycles. The second-order valence-corrected chi connectivity index (χ2v) is 9.19. The van der Waals surface area contributed by atoms with Crippen LogP contribution in [0.3, 0.4) is 0 Å². The summed E-state index contributed by atoms with van der Waals surface area (Å²) in [4.78, 5) is 0. The first kappa shape index (κ1) is 18.6. The molecule has 2 atom stereocenters. The van der Waals surface area contributed by atoms with E-state index in [-0.39, 0.29) is 25.6 Å². The van der Waals surface area contributed by atoms with Gasteiger partial charge in [-0.1, -0.05) is 0 Å². The van der Waals surface area contributed by atoms with Crippen LogP contribution in [0.15, 0.2) is 22.8 Å². The fraction of sp³-hybridized carbons (Fsp3) is 0.667. The number of rotatable bonds is 10. The van der Waals surface area contributed by atoms with Gasteiger partial charge in [-0.25, -0.2) is 0 Å². The van der Waals surface area contributed by atoms with E-state index in [1.54, 1.807) is 26.8 Å². The summed E-state index contributed by atoms with van der Waals surface area (Å²) in [5.74, 6) is -1.93. The molecule has 0 bridgehead atoms. The maximum atomic E-state index is 12.9. The van der Waals surface area contributed by atoms with Crippen molar-refractivity contribution in [1.29, 1.82) is 0 Å². The highest BCUT2D eigenvalue weighted by Crippen LogP contribution is 2.69. The molecule has 122 valence electrons. The molecule has 2 unspecified atom stereocenters. The lowest BCUT2D eigenvalue weighted by Gasteiger charge is -2.25. The fourth-order valence-corrected chi connectivity index (χ4v) is 7.30. The molecule has 1 aromatic heterocycles. The predicted molar refractivity (Wildman–Crippen MR) is 78.6 cm³/mol. The highest BCUT2D eigenvalue weighted by molar-refractivity contribution is 7.74. The normalized spacial score (nSPS) is 16.6. The third-order valence-electron chi connectivity index (χ3n) is 2.54. The molecule has 0 saturated carbocycles. The first-order valence-corrected chi connectivity index (χ1v) is 10.3. The average Bonchev–Trinajstić information content (AvgIpc) is 2.91. The van der Waals surface area contributed by atoms with Gasteiger partial charge in [0.2, 0.25) is 7.37 Å². The molecule has 1 aromatic rings. The molecule has 21 heavy (non-hydrogen) atoms. The molecule has 0 fully saturated rings. The lowest BCUT2D eigenvalue weighted by atomic mass is 10.5. The first-order chi connectivity index (χ1) is 9.90. The fourth-order valence-electron chi connectivity index (χ4n) is 1.79. The van der Waals surface area contributed by atoms with E-state index in [1.165, 1.54) is 12.3 Å². The van der Waals surface area contributed by atoms with Gasteiger partial charge < -0.3 is 23.1 Å². The van der Waals surface area contributed by atoms with Crippen LogP contribution in [-0.2, 0) is 22.7 Å². The van der Waals surface area contributed by atoms with Crippen molar-refractivity contribution >= 4 is 15.0 Å². The summed E-state index contributed by atoms with van der Waals surface area (Å²) in [5.41, 5.74) is 0. The summed E-state index contributed by atoms with van der Waals surface area (Å²) >= 11 is 0. The van der Waals surface area contributed by atoms with Crippen LogP contribution in [-0.4, -0.2) is 30.8 Å². The summed E-state index contributed by atoms with van der Waals surface area (Å²) < 4.78 is 46.0. The number of aliphatic hydroxyl groups excluding tert-OH is 1. The Morgan fingerprint density at radius 1 is 1.14 bits per heavy atom. The van der Waals surface area contributed by atoms with Gasteiger partial charge in [-0.15, -0.1) is 0 Å². The van der Waals surface area contributed by atoms with Gasteiger partial charge in [0, 0.05) is 0 Å². The summed E-state index contributed by atoms with van der Waals surface area (Å²) in [7, 11) is -7.35. The third kappa shape index (κ3) is 5.06. The van der Waals surface area contributed by atoms with Crippen LogP contribution < -0.4 is 0 Å². The van der Waals surface area contributed by atoms with Crippen molar-refractivity contribution in [2.45, 2.75) is 26.6 Å². The maximum Gasteiger partial charge on any atom is 0.340 e. The highest BCUT2D eigenvalue weighted by atomic mass is 31.2. The minimum atomic E-state index is -3.73. The molecule has 0 aliphatic rings. The van der Waals surface area contributed by atoms with Crippen LogP contribution in [0.2, 0.25) is 0 Å². The van der Waals surface area contributed by atoms with Gasteiger partial charge >= 0.3 is 7.60 Å². The van der Waals surface area contributed by atoms with Gasteiger partial charge in [-0.05, 0) is 32.9 Å². The topological polar surface area (TPSA) is 95.2 Å². The van der Waals surface area contributed by atoms with E-state index in [0.29, 0.717) is 0 Å².